The van der Waals surface area contributed by atoms with E-state index in [0.717, 1.165) is 42.8 Å². The van der Waals surface area contributed by atoms with Crippen LogP contribution in [0, 0.1) is 0 Å². The van der Waals surface area contributed by atoms with E-state index in [1.807, 2.05) is 6.92 Å². The highest BCUT2D eigenvalue weighted by Crippen LogP contribution is 2.38. The van der Waals surface area contributed by atoms with Crippen LogP contribution >= 0.6 is 22.9 Å². The topological polar surface area (TPSA) is 84.0 Å². The Kier molecular flexibility index (Phi) is 4.49. The van der Waals surface area contributed by atoms with Crippen molar-refractivity contribution in [2.45, 2.75) is 32.6 Å². The van der Waals surface area contributed by atoms with Crippen LogP contribution in [-0.4, -0.2) is 27.9 Å². The number of carbonyl (C=O) groups excluding carboxylic acids is 2. The van der Waals surface area contributed by atoms with Gasteiger partial charge in [-0.25, -0.2) is 0 Å². The number of hydrogen-bond acceptors (Lipinski definition) is 6. The van der Waals surface area contributed by atoms with Crippen molar-refractivity contribution >= 4 is 39.7 Å². The molecule has 8 heteroatoms. The zero-order chi connectivity index (χ0) is 15.5. The summed E-state index contributed by atoms with van der Waals surface area (Å²) in [7, 11) is 0. The monoisotopic (exact) mass is 336 g/mol. The maximum Gasteiger partial charge on any atom is 0.277 e. The third-order valence-electron chi connectivity index (χ3n) is 3.56. The third-order valence-corrected chi connectivity index (χ3v) is 5.27. The van der Waals surface area contributed by atoms with Gasteiger partial charge in [0.05, 0.1) is 5.56 Å². The van der Waals surface area contributed by atoms with Crippen LogP contribution in [0.3, 0.4) is 0 Å². The summed E-state index contributed by atoms with van der Waals surface area (Å²) in [6, 6.07) is 0. The molecule has 0 spiro atoms. The number of nitrogens with zero attached hydrogens (tertiary/aromatic N) is 2. The molecule has 2 amide bonds. The molecule has 0 unspecified atom stereocenters. The molecular weight excluding hydrogens is 320 g/mol. The van der Waals surface area contributed by atoms with Gasteiger partial charge < -0.3 is 10.6 Å². The van der Waals surface area contributed by atoms with E-state index in [4.69, 9.17) is 0 Å². The maximum atomic E-state index is 12.4. The van der Waals surface area contributed by atoms with Gasteiger partial charge in [-0.3, -0.25) is 9.59 Å². The molecule has 116 valence electrons. The number of aromatic nitrogens is 2. The second-order valence-electron chi connectivity index (χ2n) is 5.02. The summed E-state index contributed by atoms with van der Waals surface area (Å²) < 4.78 is 3.69. The molecule has 2 aromatic rings. The number of rotatable bonds is 4. The third kappa shape index (κ3) is 2.89. The minimum atomic E-state index is -0.321. The van der Waals surface area contributed by atoms with Gasteiger partial charge in [-0.15, -0.1) is 16.4 Å². The standard InChI is InChI=1S/C14H16N4O2S2/c1-2-15-13(20)11-8-5-3-4-6-10(8)22-14(11)16-12(19)9-7-21-18-17-9/h7H,2-6H2,1H3,(H,15,20)(H,16,19). The van der Waals surface area contributed by atoms with Crippen molar-refractivity contribution in [3.8, 4) is 0 Å². The van der Waals surface area contributed by atoms with Crippen molar-refractivity contribution in [3.05, 3.63) is 27.1 Å². The highest BCUT2D eigenvalue weighted by molar-refractivity contribution is 7.17. The molecule has 0 saturated heterocycles. The van der Waals surface area contributed by atoms with Crippen LogP contribution in [0.5, 0.6) is 0 Å². The first-order valence-corrected chi connectivity index (χ1v) is 8.87. The summed E-state index contributed by atoms with van der Waals surface area (Å²) in [5.41, 5.74) is 1.99. The maximum absolute atomic E-state index is 12.4. The molecule has 0 aliphatic heterocycles. The smallest absolute Gasteiger partial charge is 0.277 e. The lowest BCUT2D eigenvalue weighted by atomic mass is 9.95. The molecule has 0 atom stereocenters. The van der Waals surface area contributed by atoms with Crippen molar-refractivity contribution < 1.29 is 9.59 Å². The molecule has 3 rings (SSSR count). The van der Waals surface area contributed by atoms with Gasteiger partial charge in [0, 0.05) is 16.8 Å². The summed E-state index contributed by atoms with van der Waals surface area (Å²) in [6.07, 6.45) is 4.08. The molecule has 2 N–H and O–H groups in total. The van der Waals surface area contributed by atoms with E-state index >= 15 is 0 Å². The summed E-state index contributed by atoms with van der Waals surface area (Å²) in [5.74, 6) is -0.438. The minimum absolute atomic E-state index is 0.117. The van der Waals surface area contributed by atoms with E-state index in [2.05, 4.69) is 20.2 Å². The van der Waals surface area contributed by atoms with E-state index in [-0.39, 0.29) is 17.5 Å². The average molecular weight is 336 g/mol. The fraction of sp³-hybridized carbons (Fsp3) is 0.429. The van der Waals surface area contributed by atoms with Crippen LogP contribution in [0.4, 0.5) is 5.00 Å². The lowest BCUT2D eigenvalue weighted by molar-refractivity contribution is 0.0956. The van der Waals surface area contributed by atoms with Crippen LogP contribution in [0.2, 0.25) is 0 Å². The number of nitrogens with one attached hydrogen (secondary N) is 2. The number of fused-ring (bicyclic) bond motifs is 1. The minimum Gasteiger partial charge on any atom is -0.352 e. The molecule has 0 aromatic carbocycles. The summed E-state index contributed by atoms with van der Waals surface area (Å²) >= 11 is 2.63. The van der Waals surface area contributed by atoms with Crippen LogP contribution < -0.4 is 10.6 Å². The number of carbonyl (C=O) groups is 2. The number of anilines is 1. The molecule has 1 aliphatic carbocycles. The lowest BCUT2D eigenvalue weighted by Crippen LogP contribution is -2.25. The van der Waals surface area contributed by atoms with Gasteiger partial charge in [-0.05, 0) is 49.7 Å². The van der Waals surface area contributed by atoms with E-state index in [9.17, 15) is 9.59 Å². The Labute approximate surface area is 136 Å². The Balaban J connectivity index is 1.94. The second kappa shape index (κ2) is 6.53. The predicted octanol–water partition coefficient (Wildman–Crippen LogP) is 2.48. The van der Waals surface area contributed by atoms with E-state index in [0.29, 0.717) is 17.1 Å². The van der Waals surface area contributed by atoms with Crippen molar-refractivity contribution in [2.24, 2.45) is 0 Å². The average Bonchev–Trinajstić information content (AvgIpc) is 3.14. The van der Waals surface area contributed by atoms with Crippen molar-refractivity contribution in [3.63, 3.8) is 0 Å². The van der Waals surface area contributed by atoms with Gasteiger partial charge in [-0.1, -0.05) is 4.49 Å². The number of hydrogen-bond donors (Lipinski definition) is 2. The van der Waals surface area contributed by atoms with Crippen LogP contribution in [0.15, 0.2) is 5.38 Å². The highest BCUT2D eigenvalue weighted by Gasteiger charge is 2.26. The SMILES string of the molecule is CCNC(=O)c1c(NC(=O)c2csnn2)sc2c1CCCC2. The summed E-state index contributed by atoms with van der Waals surface area (Å²) in [6.45, 7) is 2.45. The predicted molar refractivity (Wildman–Crippen MR) is 86.8 cm³/mol. The molecule has 6 nitrogen and oxygen atoms in total. The number of amides is 2. The van der Waals surface area contributed by atoms with Crippen LogP contribution in [0.1, 0.15) is 51.1 Å². The molecule has 0 bridgehead atoms. The Bertz CT molecular complexity index is 694. The zero-order valence-electron chi connectivity index (χ0n) is 12.1. The second-order valence-corrected chi connectivity index (χ2v) is 6.73. The molecule has 22 heavy (non-hydrogen) atoms. The van der Waals surface area contributed by atoms with Gasteiger partial charge >= 0.3 is 0 Å². The Morgan fingerprint density at radius 2 is 2.09 bits per heavy atom. The summed E-state index contributed by atoms with van der Waals surface area (Å²) in [4.78, 5) is 25.8. The fourth-order valence-corrected chi connectivity index (χ4v) is 4.29. The molecule has 2 aromatic heterocycles. The highest BCUT2D eigenvalue weighted by atomic mass is 32.1. The quantitative estimate of drug-likeness (QED) is 0.898. The first-order valence-electron chi connectivity index (χ1n) is 7.21. The molecule has 2 heterocycles. The molecule has 0 saturated carbocycles. The zero-order valence-corrected chi connectivity index (χ0v) is 13.8. The van der Waals surface area contributed by atoms with Gasteiger partial charge in [0.2, 0.25) is 0 Å². The molecule has 0 fully saturated rings. The van der Waals surface area contributed by atoms with Gasteiger partial charge in [0.1, 0.15) is 5.00 Å². The molecular formula is C14H16N4O2S2. The normalized spacial score (nSPS) is 13.5. The summed E-state index contributed by atoms with van der Waals surface area (Å²) in [5, 5.41) is 11.6. The van der Waals surface area contributed by atoms with E-state index in [1.54, 1.807) is 5.38 Å². The van der Waals surface area contributed by atoms with Crippen LogP contribution in [-0.2, 0) is 12.8 Å². The first-order chi connectivity index (χ1) is 10.7. The van der Waals surface area contributed by atoms with Crippen molar-refractivity contribution in [1.29, 1.82) is 0 Å². The van der Waals surface area contributed by atoms with Gasteiger partial charge in [0.15, 0.2) is 5.69 Å². The lowest BCUT2D eigenvalue weighted by Gasteiger charge is -2.12. The van der Waals surface area contributed by atoms with E-state index < -0.39 is 0 Å². The van der Waals surface area contributed by atoms with Gasteiger partial charge in [0.25, 0.3) is 11.8 Å². The Hall–Kier alpha value is -1.80. The Morgan fingerprint density at radius 3 is 2.82 bits per heavy atom. The largest absolute Gasteiger partial charge is 0.352 e. The molecule has 1 aliphatic rings. The van der Waals surface area contributed by atoms with Crippen LogP contribution in [0.25, 0.3) is 0 Å². The van der Waals surface area contributed by atoms with E-state index in [1.165, 1.54) is 16.2 Å². The molecule has 0 radical (unpaired) electrons. The van der Waals surface area contributed by atoms with Crippen molar-refractivity contribution in [1.82, 2.24) is 14.9 Å². The number of aryl methyl sites for hydroxylation is 1. The first kappa shape index (κ1) is 15.1. The number of thiophene rings is 1. The Morgan fingerprint density at radius 1 is 1.27 bits per heavy atom. The fourth-order valence-electron chi connectivity index (χ4n) is 2.57. The van der Waals surface area contributed by atoms with Gasteiger partial charge in [-0.2, -0.15) is 0 Å². The van der Waals surface area contributed by atoms with Crippen molar-refractivity contribution in [2.75, 3.05) is 11.9 Å².